The van der Waals surface area contributed by atoms with Gasteiger partial charge in [0.15, 0.2) is 0 Å². The molecule has 0 fully saturated rings. The molecule has 0 saturated heterocycles. The zero-order valence-electron chi connectivity index (χ0n) is 16.1. The fourth-order valence-electron chi connectivity index (χ4n) is 2.56. The van der Waals surface area contributed by atoms with Crippen LogP contribution in [0.25, 0.3) is 0 Å². The lowest BCUT2D eigenvalue weighted by Gasteiger charge is -2.19. The molecule has 138 valence electrons. The molecule has 0 saturated carbocycles. The van der Waals surface area contributed by atoms with E-state index in [9.17, 15) is 9.59 Å². The summed E-state index contributed by atoms with van der Waals surface area (Å²) in [7, 11) is 0. The molecule has 4 nitrogen and oxygen atoms in total. The summed E-state index contributed by atoms with van der Waals surface area (Å²) in [6, 6.07) is 15.4. The summed E-state index contributed by atoms with van der Waals surface area (Å²) >= 11 is 0. The number of hydrogen-bond donors (Lipinski definition) is 2. The zero-order chi connectivity index (χ0) is 19.2. The van der Waals surface area contributed by atoms with Gasteiger partial charge < -0.3 is 10.6 Å². The Kier molecular flexibility index (Phi) is 6.56. The third-order valence-electron chi connectivity index (χ3n) is 4.30. The Bertz CT molecular complexity index is 741. The molecule has 26 heavy (non-hydrogen) atoms. The van der Waals surface area contributed by atoms with Gasteiger partial charge in [-0.1, -0.05) is 52.0 Å². The monoisotopic (exact) mass is 352 g/mol. The van der Waals surface area contributed by atoms with Crippen molar-refractivity contribution in [3.05, 3.63) is 65.2 Å². The van der Waals surface area contributed by atoms with E-state index in [2.05, 4.69) is 38.3 Å². The Balaban J connectivity index is 1.79. The molecule has 2 amide bonds. The van der Waals surface area contributed by atoms with Gasteiger partial charge in [0.2, 0.25) is 5.91 Å². The first-order chi connectivity index (χ1) is 12.3. The van der Waals surface area contributed by atoms with Crippen LogP contribution in [0.4, 0.5) is 5.69 Å². The Morgan fingerprint density at radius 1 is 0.923 bits per heavy atom. The smallest absolute Gasteiger partial charge is 0.251 e. The minimum Gasteiger partial charge on any atom is -0.352 e. The van der Waals surface area contributed by atoms with Gasteiger partial charge in [-0.2, -0.15) is 0 Å². The molecular weight excluding hydrogens is 324 g/mol. The van der Waals surface area contributed by atoms with E-state index in [0.717, 1.165) is 12.1 Å². The number of hydrogen-bond acceptors (Lipinski definition) is 2. The molecule has 0 spiro atoms. The van der Waals surface area contributed by atoms with E-state index in [0.29, 0.717) is 12.1 Å². The van der Waals surface area contributed by atoms with Crippen LogP contribution in [0.5, 0.6) is 0 Å². The van der Waals surface area contributed by atoms with Gasteiger partial charge in [-0.3, -0.25) is 9.59 Å². The largest absolute Gasteiger partial charge is 0.352 e. The molecular formula is C22H28N2O2. The lowest BCUT2D eigenvalue weighted by Crippen LogP contribution is -2.27. The van der Waals surface area contributed by atoms with E-state index in [-0.39, 0.29) is 23.7 Å². The van der Waals surface area contributed by atoms with Crippen LogP contribution >= 0.6 is 0 Å². The van der Waals surface area contributed by atoms with E-state index in [4.69, 9.17) is 0 Å². The molecule has 0 heterocycles. The van der Waals surface area contributed by atoms with Crippen LogP contribution in [0.2, 0.25) is 0 Å². The minimum atomic E-state index is -0.162. The average molecular weight is 352 g/mol. The fraction of sp³-hybridized carbons (Fsp3) is 0.364. The lowest BCUT2D eigenvalue weighted by atomic mass is 9.87. The van der Waals surface area contributed by atoms with Crippen LogP contribution in [0.3, 0.4) is 0 Å². The number of amides is 2. The van der Waals surface area contributed by atoms with Crippen LogP contribution in [0, 0.1) is 0 Å². The second kappa shape index (κ2) is 8.65. The van der Waals surface area contributed by atoms with Gasteiger partial charge in [0.25, 0.3) is 5.91 Å². The molecule has 2 N–H and O–H groups in total. The average Bonchev–Trinajstić information content (AvgIpc) is 2.61. The van der Waals surface area contributed by atoms with E-state index in [1.54, 1.807) is 0 Å². The molecule has 0 aliphatic rings. The van der Waals surface area contributed by atoms with Crippen LogP contribution < -0.4 is 10.6 Å². The van der Waals surface area contributed by atoms with E-state index in [1.807, 2.05) is 48.5 Å². The van der Waals surface area contributed by atoms with Crippen molar-refractivity contribution in [2.45, 2.75) is 46.0 Å². The summed E-state index contributed by atoms with van der Waals surface area (Å²) in [5.41, 5.74) is 3.85. The normalized spacial score (nSPS) is 11.1. The van der Waals surface area contributed by atoms with E-state index in [1.165, 1.54) is 11.1 Å². The quantitative estimate of drug-likeness (QED) is 0.814. The highest BCUT2D eigenvalue weighted by atomic mass is 16.2. The molecule has 0 aromatic heterocycles. The van der Waals surface area contributed by atoms with Crippen molar-refractivity contribution in [2.75, 3.05) is 11.9 Å². The molecule has 4 heteroatoms. The highest BCUT2D eigenvalue weighted by molar-refractivity contribution is 5.95. The number of carbonyl (C=O) groups excluding carboxylic acids is 2. The third kappa shape index (κ3) is 5.73. The Morgan fingerprint density at radius 2 is 1.54 bits per heavy atom. The predicted molar refractivity (Wildman–Crippen MR) is 107 cm³/mol. The van der Waals surface area contributed by atoms with Crippen LogP contribution in [0.15, 0.2) is 48.5 Å². The molecule has 0 aliphatic carbocycles. The van der Waals surface area contributed by atoms with Crippen molar-refractivity contribution in [1.82, 2.24) is 5.32 Å². The van der Waals surface area contributed by atoms with Gasteiger partial charge in [-0.15, -0.1) is 0 Å². The van der Waals surface area contributed by atoms with E-state index < -0.39 is 0 Å². The summed E-state index contributed by atoms with van der Waals surface area (Å²) < 4.78 is 0. The lowest BCUT2D eigenvalue weighted by molar-refractivity contribution is -0.116. The number of aryl methyl sites for hydroxylation is 1. The fourth-order valence-corrected chi connectivity index (χ4v) is 2.56. The zero-order valence-corrected chi connectivity index (χ0v) is 16.1. The molecule has 0 aliphatic heterocycles. The van der Waals surface area contributed by atoms with Gasteiger partial charge in [0.05, 0.1) is 0 Å². The van der Waals surface area contributed by atoms with Crippen LogP contribution in [-0.4, -0.2) is 18.4 Å². The van der Waals surface area contributed by atoms with E-state index >= 15 is 0 Å². The third-order valence-corrected chi connectivity index (χ3v) is 4.30. The maximum absolute atomic E-state index is 12.2. The first-order valence-electron chi connectivity index (χ1n) is 9.07. The highest BCUT2D eigenvalue weighted by Crippen LogP contribution is 2.22. The first kappa shape index (κ1) is 19.7. The van der Waals surface area contributed by atoms with Gasteiger partial charge >= 0.3 is 0 Å². The topological polar surface area (TPSA) is 58.2 Å². The number of nitrogens with one attached hydrogen (secondary N) is 2. The highest BCUT2D eigenvalue weighted by Gasteiger charge is 2.14. The summed E-state index contributed by atoms with van der Waals surface area (Å²) in [6.45, 7) is 8.80. The molecule has 0 unspecified atom stereocenters. The first-order valence-corrected chi connectivity index (χ1v) is 9.07. The molecule has 0 radical (unpaired) electrons. The van der Waals surface area contributed by atoms with Crippen molar-refractivity contribution in [2.24, 2.45) is 0 Å². The second-order valence-corrected chi connectivity index (χ2v) is 7.43. The SMILES string of the molecule is CCc1ccc(NC(=O)CCNC(=O)c2ccc(C(C)(C)C)cc2)cc1. The molecule has 2 aromatic carbocycles. The van der Waals surface area contributed by atoms with Gasteiger partial charge in [-0.25, -0.2) is 0 Å². The molecule has 2 aromatic rings. The summed E-state index contributed by atoms with van der Waals surface area (Å²) in [4.78, 5) is 24.2. The van der Waals surface area contributed by atoms with Gasteiger partial charge in [0, 0.05) is 24.2 Å². The van der Waals surface area contributed by atoms with Crippen molar-refractivity contribution < 1.29 is 9.59 Å². The Hall–Kier alpha value is -2.62. The van der Waals surface area contributed by atoms with Crippen molar-refractivity contribution in [1.29, 1.82) is 0 Å². The molecule has 0 bridgehead atoms. The molecule has 0 atom stereocenters. The maximum atomic E-state index is 12.2. The standard InChI is InChI=1S/C22H28N2O2/c1-5-16-6-12-19(13-7-16)24-20(25)14-15-23-21(26)17-8-10-18(11-9-17)22(2,3)4/h6-13H,5,14-15H2,1-4H3,(H,23,26)(H,24,25). The Labute approximate surface area is 156 Å². The van der Waals surface area contributed by atoms with Crippen molar-refractivity contribution >= 4 is 17.5 Å². The number of rotatable bonds is 6. The van der Waals surface area contributed by atoms with Crippen LogP contribution in [0.1, 0.15) is 55.6 Å². The summed E-state index contributed by atoms with van der Waals surface area (Å²) in [5.74, 6) is -0.275. The minimum absolute atomic E-state index is 0.0580. The second-order valence-electron chi connectivity index (χ2n) is 7.43. The van der Waals surface area contributed by atoms with Crippen molar-refractivity contribution in [3.8, 4) is 0 Å². The van der Waals surface area contributed by atoms with Gasteiger partial charge in [0.1, 0.15) is 0 Å². The number of carbonyl (C=O) groups is 2. The summed E-state index contributed by atoms with van der Waals surface area (Å²) in [6.07, 6.45) is 1.21. The predicted octanol–water partition coefficient (Wildman–Crippen LogP) is 4.31. The summed E-state index contributed by atoms with van der Waals surface area (Å²) in [5, 5.41) is 5.63. The Morgan fingerprint density at radius 3 is 2.08 bits per heavy atom. The number of benzene rings is 2. The van der Waals surface area contributed by atoms with Gasteiger partial charge in [-0.05, 0) is 47.2 Å². The maximum Gasteiger partial charge on any atom is 0.251 e. The number of anilines is 1. The van der Waals surface area contributed by atoms with Crippen LogP contribution in [-0.2, 0) is 16.6 Å². The van der Waals surface area contributed by atoms with Crippen molar-refractivity contribution in [3.63, 3.8) is 0 Å². The molecule has 2 rings (SSSR count).